The van der Waals surface area contributed by atoms with Crippen molar-refractivity contribution in [1.82, 2.24) is 19.9 Å². The largest absolute Gasteiger partial charge is 0.481 e. The Kier molecular flexibility index (Phi) is 10.4. The number of aromatic nitrogens is 3. The highest BCUT2D eigenvalue weighted by Gasteiger charge is 2.49. The zero-order valence-corrected chi connectivity index (χ0v) is 27.5. The molecule has 2 aromatic heterocycles. The number of alkyl halides is 1. The van der Waals surface area contributed by atoms with Crippen molar-refractivity contribution in [3.8, 4) is 17.3 Å². The maximum Gasteiger partial charge on any atom is 0.319 e. The van der Waals surface area contributed by atoms with Crippen molar-refractivity contribution in [3.63, 3.8) is 0 Å². The molecule has 0 bridgehead atoms. The maximum atomic E-state index is 16.8. The number of hydrogen-bond acceptors (Lipinski definition) is 10. The Hall–Kier alpha value is -3.46. The lowest BCUT2D eigenvalue weighted by Crippen LogP contribution is -2.43. The highest BCUT2D eigenvalue weighted by atomic mass is 35.5. The number of carboxylic acid groups (broad SMARTS) is 1. The van der Waals surface area contributed by atoms with Crippen LogP contribution in [0.1, 0.15) is 50.5 Å². The smallest absolute Gasteiger partial charge is 0.319 e. The Labute approximate surface area is 281 Å². The summed E-state index contributed by atoms with van der Waals surface area (Å²) in [6.07, 6.45) is 4.09. The summed E-state index contributed by atoms with van der Waals surface area (Å²) in [6.45, 7) is 3.76. The molecule has 3 aliphatic rings. The monoisotopic (exact) mass is 691 g/mol. The number of unbranched alkanes of at least 4 members (excludes halogenated alkanes) is 1. The number of fused-ring (bicyclic) bond motifs is 2. The minimum absolute atomic E-state index is 0.0526. The van der Waals surface area contributed by atoms with Gasteiger partial charge in [-0.2, -0.15) is 9.97 Å². The average molecular weight is 692 g/mol. The number of rotatable bonds is 12. The summed E-state index contributed by atoms with van der Waals surface area (Å²) >= 11 is 6.40. The van der Waals surface area contributed by atoms with E-state index in [9.17, 15) is 13.6 Å². The molecule has 0 amide bonds. The lowest BCUT2D eigenvalue weighted by Gasteiger charge is -2.31. The molecule has 0 saturated carbocycles. The molecule has 3 saturated heterocycles. The van der Waals surface area contributed by atoms with Gasteiger partial charge in [0.15, 0.2) is 11.6 Å². The molecule has 15 heteroatoms. The number of halogens is 4. The van der Waals surface area contributed by atoms with Gasteiger partial charge in [0.25, 0.3) is 0 Å². The molecule has 11 nitrogen and oxygen atoms in total. The van der Waals surface area contributed by atoms with Crippen LogP contribution in [0.25, 0.3) is 22.2 Å². The fourth-order valence-electron chi connectivity index (χ4n) is 7.36. The third-order valence-corrected chi connectivity index (χ3v) is 10.1. The SMILES string of the molecule is NCCC1COCCN(c2nc(OC[C@@]34CCCN3C[C@H](F)C4)nc3c(F)c(-c4cc(N)c(F)c(Cl)c4CCCCC(=O)O)ncc23)C1. The van der Waals surface area contributed by atoms with E-state index >= 15 is 4.39 Å². The van der Waals surface area contributed by atoms with Gasteiger partial charge >= 0.3 is 12.0 Å². The van der Waals surface area contributed by atoms with Crippen LogP contribution in [0.2, 0.25) is 5.02 Å². The van der Waals surface area contributed by atoms with Gasteiger partial charge < -0.3 is 30.9 Å². The lowest BCUT2D eigenvalue weighted by molar-refractivity contribution is -0.137. The molecule has 6 rings (SSSR count). The van der Waals surface area contributed by atoms with Crippen LogP contribution in [0.15, 0.2) is 12.3 Å². The Morgan fingerprint density at radius 1 is 1.21 bits per heavy atom. The van der Waals surface area contributed by atoms with Crippen molar-refractivity contribution in [2.45, 2.75) is 63.1 Å². The van der Waals surface area contributed by atoms with Gasteiger partial charge in [-0.3, -0.25) is 14.7 Å². The molecule has 0 aliphatic carbocycles. The van der Waals surface area contributed by atoms with Gasteiger partial charge in [-0.15, -0.1) is 0 Å². The number of hydrogen-bond donors (Lipinski definition) is 3. The van der Waals surface area contributed by atoms with Crippen molar-refractivity contribution < 1.29 is 32.5 Å². The number of nitrogens with zero attached hydrogens (tertiary/aromatic N) is 5. The highest BCUT2D eigenvalue weighted by molar-refractivity contribution is 6.32. The second-order valence-corrected chi connectivity index (χ2v) is 13.4. The number of carboxylic acids is 1. The second kappa shape index (κ2) is 14.6. The molecule has 3 aliphatic heterocycles. The summed E-state index contributed by atoms with van der Waals surface area (Å²) in [6, 6.07) is 1.23. The van der Waals surface area contributed by atoms with E-state index in [2.05, 4.69) is 14.9 Å². The number of carbonyl (C=O) groups is 1. The number of aliphatic carboxylic acids is 1. The van der Waals surface area contributed by atoms with Crippen LogP contribution in [0.3, 0.4) is 0 Å². The topological polar surface area (TPSA) is 153 Å². The number of anilines is 2. The molecule has 5 N–H and O–H groups in total. The van der Waals surface area contributed by atoms with Crippen LogP contribution >= 0.6 is 11.6 Å². The Morgan fingerprint density at radius 2 is 2.04 bits per heavy atom. The van der Waals surface area contributed by atoms with E-state index in [1.54, 1.807) is 0 Å². The molecule has 0 radical (unpaired) electrons. The standard InChI is InChI=1S/C33H41ClF3N7O4/c34-26-21(4-1-2-5-25(45)46)22(12-24(39)27(26)36)29-28(37)30-23(14-40-29)31(43-10-11-47-17-19(15-43)6-8-38)42-32(41-30)48-18-33-7-3-9-44(33)16-20(35)13-33/h12,14,19-20H,1-11,13,15-18,38-39H2,(H,45,46)/t19?,20-,33+/m1/s1. The van der Waals surface area contributed by atoms with E-state index in [1.807, 2.05) is 4.90 Å². The number of nitrogen functional groups attached to an aromatic ring is 1. The first-order chi connectivity index (χ1) is 23.1. The highest BCUT2D eigenvalue weighted by Crippen LogP contribution is 2.42. The van der Waals surface area contributed by atoms with Crippen LogP contribution in [-0.4, -0.2) is 95.2 Å². The van der Waals surface area contributed by atoms with Crippen molar-refractivity contribution in [2.75, 3.05) is 63.2 Å². The number of nitrogens with two attached hydrogens (primary N) is 2. The van der Waals surface area contributed by atoms with Crippen LogP contribution in [0, 0.1) is 17.6 Å². The molecule has 5 heterocycles. The van der Waals surface area contributed by atoms with Crippen LogP contribution < -0.4 is 21.1 Å². The third kappa shape index (κ3) is 6.98. The first-order valence-corrected chi connectivity index (χ1v) is 16.9. The van der Waals surface area contributed by atoms with Crippen LogP contribution in [0.5, 0.6) is 6.01 Å². The normalized spacial score (nSPS) is 23.1. The first kappa shape index (κ1) is 34.4. The van der Waals surface area contributed by atoms with Crippen LogP contribution in [-0.2, 0) is 16.0 Å². The minimum atomic E-state index is -0.955. The Bertz CT molecular complexity index is 1670. The fraction of sp³-hybridized carbons (Fsp3) is 0.576. The lowest BCUT2D eigenvalue weighted by atomic mass is 9.95. The molecular formula is C33H41ClF3N7O4. The predicted molar refractivity (Wildman–Crippen MR) is 176 cm³/mol. The Morgan fingerprint density at radius 3 is 2.83 bits per heavy atom. The zero-order chi connectivity index (χ0) is 34.0. The van der Waals surface area contributed by atoms with E-state index in [1.165, 1.54) is 12.3 Å². The summed E-state index contributed by atoms with van der Waals surface area (Å²) < 4.78 is 58.3. The van der Waals surface area contributed by atoms with Gasteiger partial charge in [0.05, 0.1) is 34.8 Å². The molecule has 260 valence electrons. The molecule has 1 unspecified atom stereocenters. The van der Waals surface area contributed by atoms with Gasteiger partial charge in [0.1, 0.15) is 29.8 Å². The molecule has 48 heavy (non-hydrogen) atoms. The van der Waals surface area contributed by atoms with E-state index in [-0.39, 0.29) is 64.4 Å². The van der Waals surface area contributed by atoms with Gasteiger partial charge in [0.2, 0.25) is 0 Å². The molecular weight excluding hydrogens is 651 g/mol. The van der Waals surface area contributed by atoms with E-state index in [0.29, 0.717) is 69.9 Å². The maximum absolute atomic E-state index is 16.8. The van der Waals surface area contributed by atoms with Gasteiger partial charge in [-0.1, -0.05) is 11.6 Å². The summed E-state index contributed by atoms with van der Waals surface area (Å²) in [5.74, 6) is -2.06. The number of ether oxygens (including phenoxy) is 2. The zero-order valence-electron chi connectivity index (χ0n) is 26.7. The fourth-order valence-corrected chi connectivity index (χ4v) is 7.67. The molecule has 0 spiro atoms. The van der Waals surface area contributed by atoms with Crippen LogP contribution in [0.4, 0.5) is 24.7 Å². The predicted octanol–water partition coefficient (Wildman–Crippen LogP) is 4.76. The molecule has 3 aromatic rings. The minimum Gasteiger partial charge on any atom is -0.481 e. The van der Waals surface area contributed by atoms with Gasteiger partial charge in [0, 0.05) is 50.2 Å². The van der Waals surface area contributed by atoms with Crippen molar-refractivity contribution in [3.05, 3.63) is 34.5 Å². The third-order valence-electron chi connectivity index (χ3n) is 9.75. The van der Waals surface area contributed by atoms with Crippen molar-refractivity contribution in [1.29, 1.82) is 0 Å². The Balaban J connectivity index is 1.43. The molecule has 1 aromatic carbocycles. The quantitative estimate of drug-likeness (QED) is 0.178. The second-order valence-electron chi connectivity index (χ2n) is 13.1. The molecule has 3 fully saturated rings. The van der Waals surface area contributed by atoms with E-state index in [4.69, 9.17) is 42.6 Å². The number of pyridine rings is 1. The number of benzene rings is 1. The van der Waals surface area contributed by atoms with Gasteiger partial charge in [-0.05, 0) is 63.2 Å². The molecule has 3 atom stereocenters. The van der Waals surface area contributed by atoms with E-state index in [0.717, 1.165) is 25.8 Å². The summed E-state index contributed by atoms with van der Waals surface area (Å²) in [7, 11) is 0. The average Bonchev–Trinajstić information content (AvgIpc) is 3.48. The van der Waals surface area contributed by atoms with Gasteiger partial charge in [-0.25, -0.2) is 13.2 Å². The summed E-state index contributed by atoms with van der Waals surface area (Å²) in [5.41, 5.74) is 11.3. The van der Waals surface area contributed by atoms with Crippen molar-refractivity contribution in [2.24, 2.45) is 11.7 Å². The van der Waals surface area contributed by atoms with Crippen molar-refractivity contribution >= 4 is 40.0 Å². The van der Waals surface area contributed by atoms with E-state index < -0.39 is 29.3 Å². The summed E-state index contributed by atoms with van der Waals surface area (Å²) in [5, 5.41) is 9.12. The summed E-state index contributed by atoms with van der Waals surface area (Å²) in [4.78, 5) is 28.9. The first-order valence-electron chi connectivity index (χ1n) is 16.5.